The SMILES string of the molecule is C=C(c1ccccc1)c1ccc(F)c(Br)c1. The highest BCUT2D eigenvalue weighted by Crippen LogP contribution is 2.25. The van der Waals surface area contributed by atoms with Crippen molar-refractivity contribution in [3.8, 4) is 0 Å². The van der Waals surface area contributed by atoms with E-state index >= 15 is 0 Å². The molecule has 0 atom stereocenters. The van der Waals surface area contributed by atoms with Crippen molar-refractivity contribution in [2.24, 2.45) is 0 Å². The van der Waals surface area contributed by atoms with Gasteiger partial charge in [0, 0.05) is 0 Å². The molecule has 0 unspecified atom stereocenters. The average Bonchev–Trinajstić information content (AvgIpc) is 2.33. The second-order valence-corrected chi connectivity index (χ2v) is 4.33. The Balaban J connectivity index is 2.39. The van der Waals surface area contributed by atoms with E-state index in [4.69, 9.17) is 0 Å². The van der Waals surface area contributed by atoms with Crippen LogP contribution in [-0.4, -0.2) is 0 Å². The molecule has 2 aromatic rings. The summed E-state index contributed by atoms with van der Waals surface area (Å²) in [5.74, 6) is -0.260. The van der Waals surface area contributed by atoms with E-state index in [9.17, 15) is 4.39 Å². The standard InChI is InChI=1S/C14H10BrF/c1-10(11-5-3-2-4-6-11)12-7-8-14(16)13(15)9-12/h2-9H,1H2. The average molecular weight is 277 g/mol. The molecule has 0 saturated carbocycles. The van der Waals surface area contributed by atoms with Gasteiger partial charge in [-0.2, -0.15) is 0 Å². The van der Waals surface area contributed by atoms with Crippen LogP contribution in [0.5, 0.6) is 0 Å². The molecule has 0 nitrogen and oxygen atoms in total. The first kappa shape index (κ1) is 11.1. The third-order valence-corrected chi connectivity index (χ3v) is 3.00. The lowest BCUT2D eigenvalue weighted by Crippen LogP contribution is -1.87. The Bertz CT molecular complexity index is 518. The quantitative estimate of drug-likeness (QED) is 0.749. The Morgan fingerprint density at radius 1 is 1.00 bits per heavy atom. The second-order valence-electron chi connectivity index (χ2n) is 3.47. The van der Waals surface area contributed by atoms with Crippen LogP contribution in [0.3, 0.4) is 0 Å². The van der Waals surface area contributed by atoms with Crippen molar-refractivity contribution in [1.82, 2.24) is 0 Å². The third-order valence-electron chi connectivity index (χ3n) is 2.39. The number of halogens is 2. The zero-order valence-electron chi connectivity index (χ0n) is 8.58. The van der Waals surface area contributed by atoms with Crippen molar-refractivity contribution in [3.05, 3.63) is 76.5 Å². The van der Waals surface area contributed by atoms with Gasteiger partial charge in [-0.25, -0.2) is 4.39 Å². The van der Waals surface area contributed by atoms with Crippen molar-refractivity contribution in [3.63, 3.8) is 0 Å². The van der Waals surface area contributed by atoms with Gasteiger partial charge in [-0.1, -0.05) is 43.0 Å². The van der Waals surface area contributed by atoms with Gasteiger partial charge in [-0.15, -0.1) is 0 Å². The van der Waals surface area contributed by atoms with Crippen LogP contribution < -0.4 is 0 Å². The van der Waals surface area contributed by atoms with Crippen molar-refractivity contribution in [2.45, 2.75) is 0 Å². The molecule has 2 aromatic carbocycles. The summed E-state index contributed by atoms with van der Waals surface area (Å²) in [5, 5.41) is 0. The summed E-state index contributed by atoms with van der Waals surface area (Å²) in [6.07, 6.45) is 0. The van der Waals surface area contributed by atoms with Gasteiger partial charge in [0.15, 0.2) is 0 Å². The number of benzene rings is 2. The summed E-state index contributed by atoms with van der Waals surface area (Å²) in [4.78, 5) is 0. The first-order valence-electron chi connectivity index (χ1n) is 4.88. The maximum atomic E-state index is 13.1. The molecule has 0 heterocycles. The summed E-state index contributed by atoms with van der Waals surface area (Å²) >= 11 is 3.17. The summed E-state index contributed by atoms with van der Waals surface area (Å²) < 4.78 is 13.5. The van der Waals surface area contributed by atoms with E-state index in [-0.39, 0.29) is 5.82 Å². The van der Waals surface area contributed by atoms with Crippen LogP contribution in [0.4, 0.5) is 4.39 Å². The molecule has 80 valence electrons. The highest BCUT2D eigenvalue weighted by atomic mass is 79.9. The summed E-state index contributed by atoms with van der Waals surface area (Å²) in [6.45, 7) is 4.02. The minimum absolute atomic E-state index is 0.260. The maximum absolute atomic E-state index is 13.1. The minimum atomic E-state index is -0.260. The molecule has 0 N–H and O–H groups in total. The van der Waals surface area contributed by atoms with Crippen LogP contribution in [0.15, 0.2) is 59.6 Å². The van der Waals surface area contributed by atoms with Gasteiger partial charge < -0.3 is 0 Å². The lowest BCUT2D eigenvalue weighted by Gasteiger charge is -2.06. The van der Waals surface area contributed by atoms with Gasteiger partial charge in [0.2, 0.25) is 0 Å². The molecule has 2 heteroatoms. The van der Waals surface area contributed by atoms with Crippen molar-refractivity contribution in [2.75, 3.05) is 0 Å². The largest absolute Gasteiger partial charge is 0.206 e. The van der Waals surface area contributed by atoms with Crippen LogP contribution in [-0.2, 0) is 0 Å². The highest BCUT2D eigenvalue weighted by Gasteiger charge is 2.05. The molecule has 16 heavy (non-hydrogen) atoms. The smallest absolute Gasteiger partial charge is 0.137 e. The van der Waals surface area contributed by atoms with E-state index in [1.165, 1.54) is 6.07 Å². The molecule has 0 aliphatic heterocycles. The Kier molecular flexibility index (Phi) is 3.20. The highest BCUT2D eigenvalue weighted by molar-refractivity contribution is 9.10. The van der Waals surface area contributed by atoms with Gasteiger partial charge in [0.1, 0.15) is 5.82 Å². The lowest BCUT2D eigenvalue weighted by molar-refractivity contribution is 0.621. The van der Waals surface area contributed by atoms with Gasteiger partial charge in [-0.05, 0) is 44.8 Å². The van der Waals surface area contributed by atoms with Crippen molar-refractivity contribution in [1.29, 1.82) is 0 Å². The molecule has 0 aliphatic carbocycles. The van der Waals surface area contributed by atoms with Crippen LogP contribution >= 0.6 is 15.9 Å². The Morgan fingerprint density at radius 3 is 2.31 bits per heavy atom. The van der Waals surface area contributed by atoms with Crippen LogP contribution in [0.2, 0.25) is 0 Å². The first-order chi connectivity index (χ1) is 7.68. The third kappa shape index (κ3) is 2.22. The van der Waals surface area contributed by atoms with E-state index in [0.29, 0.717) is 4.47 Å². The predicted octanol–water partition coefficient (Wildman–Crippen LogP) is 4.65. The molecule has 0 spiro atoms. The van der Waals surface area contributed by atoms with Crippen molar-refractivity contribution >= 4 is 21.5 Å². The fourth-order valence-electron chi connectivity index (χ4n) is 1.49. The zero-order valence-corrected chi connectivity index (χ0v) is 10.2. The van der Waals surface area contributed by atoms with Gasteiger partial charge in [0.05, 0.1) is 4.47 Å². The first-order valence-corrected chi connectivity index (χ1v) is 5.67. The van der Waals surface area contributed by atoms with E-state index < -0.39 is 0 Å². The monoisotopic (exact) mass is 276 g/mol. The van der Waals surface area contributed by atoms with Gasteiger partial charge in [0.25, 0.3) is 0 Å². The summed E-state index contributed by atoms with van der Waals surface area (Å²) in [7, 11) is 0. The normalized spacial score (nSPS) is 10.1. The van der Waals surface area contributed by atoms with Crippen molar-refractivity contribution < 1.29 is 4.39 Å². The molecule has 0 saturated heterocycles. The van der Waals surface area contributed by atoms with Crippen LogP contribution in [0.25, 0.3) is 5.57 Å². The molecule has 2 rings (SSSR count). The Labute approximate surface area is 103 Å². The van der Waals surface area contributed by atoms with E-state index in [0.717, 1.165) is 16.7 Å². The number of rotatable bonds is 2. The van der Waals surface area contributed by atoms with E-state index in [1.54, 1.807) is 12.1 Å². The molecule has 0 bridgehead atoms. The number of hydrogen-bond donors (Lipinski definition) is 0. The fraction of sp³-hybridized carbons (Fsp3) is 0. The van der Waals surface area contributed by atoms with Crippen LogP contribution in [0, 0.1) is 5.82 Å². The molecule has 0 amide bonds. The molecule has 0 radical (unpaired) electrons. The molecular weight excluding hydrogens is 267 g/mol. The predicted molar refractivity (Wildman–Crippen MR) is 68.7 cm³/mol. The Morgan fingerprint density at radius 2 is 1.69 bits per heavy atom. The molecule has 0 aromatic heterocycles. The van der Waals surface area contributed by atoms with E-state index in [2.05, 4.69) is 22.5 Å². The second kappa shape index (κ2) is 4.62. The number of hydrogen-bond acceptors (Lipinski definition) is 0. The van der Waals surface area contributed by atoms with Gasteiger partial charge in [-0.3, -0.25) is 0 Å². The Hall–Kier alpha value is -1.41. The molecule has 0 aliphatic rings. The fourth-order valence-corrected chi connectivity index (χ4v) is 1.87. The lowest BCUT2D eigenvalue weighted by atomic mass is 10.00. The summed E-state index contributed by atoms with van der Waals surface area (Å²) in [6, 6.07) is 14.8. The van der Waals surface area contributed by atoms with Gasteiger partial charge >= 0.3 is 0 Å². The zero-order chi connectivity index (χ0) is 11.5. The molecule has 0 fully saturated rings. The summed E-state index contributed by atoms with van der Waals surface area (Å²) in [5.41, 5.74) is 2.85. The van der Waals surface area contributed by atoms with Crippen LogP contribution in [0.1, 0.15) is 11.1 Å². The topological polar surface area (TPSA) is 0 Å². The van der Waals surface area contributed by atoms with E-state index in [1.807, 2.05) is 30.3 Å². The molecular formula is C14H10BrF. The maximum Gasteiger partial charge on any atom is 0.137 e. The minimum Gasteiger partial charge on any atom is -0.206 e.